The third-order valence-corrected chi connectivity index (χ3v) is 9.67. The highest BCUT2D eigenvalue weighted by Gasteiger charge is 2.45. The number of carbonyl (C=O) groups is 2. The fraction of sp³-hybridized carbons (Fsp3) is 0.257. The molecule has 0 radical (unpaired) electrons. The van der Waals surface area contributed by atoms with Gasteiger partial charge in [-0.05, 0) is 54.3 Å². The number of unbranched alkanes of at least 4 members (excludes halogenated alkanes) is 2. The lowest BCUT2D eigenvalue weighted by Gasteiger charge is -2.24. The molecule has 11 heteroatoms. The van der Waals surface area contributed by atoms with E-state index < -0.39 is 23.5 Å². The number of amides is 1. The van der Waals surface area contributed by atoms with Crippen LogP contribution in [0.25, 0.3) is 6.08 Å². The number of allylic oxidation sites excluding steroid dienone is 1. The summed E-state index contributed by atoms with van der Waals surface area (Å²) in [4.78, 5) is 28.7. The quantitative estimate of drug-likeness (QED) is 0.0578. The Bertz CT molecular complexity index is 1740. The summed E-state index contributed by atoms with van der Waals surface area (Å²) in [5.74, 6) is -0.269. The predicted octanol–water partition coefficient (Wildman–Crippen LogP) is 8.63. The molecule has 0 fully saturated rings. The standard InChI is InChI=1S/C35H34ClN3O5S2/c1-3-5-11-20-44-28-19-17-24(21-29(28)43-4-2)31-30(27(40)18-16-23-12-7-6-8-13-23)32(41)33(42)39(31)34-37-38-35(46-34)45-22-25-14-9-10-15-26(25)36/h6-10,12-19,21,31,41H,3-5,11,20,22H2,1-2H3/b18-16+. The number of aliphatic hydroxyl groups is 1. The van der Waals surface area contributed by atoms with Gasteiger partial charge in [0.25, 0.3) is 5.91 Å². The van der Waals surface area contributed by atoms with Gasteiger partial charge in [0, 0.05) is 10.8 Å². The van der Waals surface area contributed by atoms with Crippen molar-refractivity contribution in [2.24, 2.45) is 0 Å². The number of anilines is 1. The van der Waals surface area contributed by atoms with Gasteiger partial charge in [-0.1, -0.05) is 115 Å². The first-order chi connectivity index (χ1) is 22.4. The van der Waals surface area contributed by atoms with Crippen molar-refractivity contribution in [3.05, 3.63) is 112 Å². The summed E-state index contributed by atoms with van der Waals surface area (Å²) in [7, 11) is 0. The Hall–Kier alpha value is -4.12. The molecule has 0 saturated heterocycles. The van der Waals surface area contributed by atoms with Crippen LogP contribution in [-0.4, -0.2) is 40.2 Å². The summed E-state index contributed by atoms with van der Waals surface area (Å²) in [6.07, 6.45) is 6.05. The minimum absolute atomic E-state index is 0.0586. The minimum atomic E-state index is -0.983. The van der Waals surface area contributed by atoms with E-state index in [1.54, 1.807) is 24.3 Å². The van der Waals surface area contributed by atoms with Crippen molar-refractivity contribution >= 4 is 57.6 Å². The number of thioether (sulfide) groups is 1. The zero-order valence-corrected chi connectivity index (χ0v) is 27.9. The zero-order valence-electron chi connectivity index (χ0n) is 25.5. The Balaban J connectivity index is 1.50. The fourth-order valence-electron chi connectivity index (χ4n) is 4.93. The molecule has 2 heterocycles. The Labute approximate surface area is 281 Å². The smallest absolute Gasteiger partial charge is 0.296 e. The molecule has 3 aromatic carbocycles. The molecule has 0 spiro atoms. The van der Waals surface area contributed by atoms with Crippen LogP contribution in [0.4, 0.5) is 5.13 Å². The number of hydrogen-bond acceptors (Lipinski definition) is 9. The SMILES string of the molecule is CCCCCOc1ccc(C2C(C(=O)/C=C/c3ccccc3)=C(O)C(=O)N2c2nnc(SCc3ccccc3Cl)s2)cc1OCC. The normalized spacial score (nSPS) is 14.8. The van der Waals surface area contributed by atoms with Gasteiger partial charge in [-0.3, -0.25) is 14.5 Å². The lowest BCUT2D eigenvalue weighted by Crippen LogP contribution is -2.31. The summed E-state index contributed by atoms with van der Waals surface area (Å²) in [6.45, 7) is 4.92. The van der Waals surface area contributed by atoms with E-state index >= 15 is 0 Å². The van der Waals surface area contributed by atoms with Crippen LogP contribution < -0.4 is 14.4 Å². The number of hydrogen-bond donors (Lipinski definition) is 1. The van der Waals surface area contributed by atoms with Crippen molar-refractivity contribution in [1.82, 2.24) is 10.2 Å². The average molecular weight is 676 g/mol. The van der Waals surface area contributed by atoms with E-state index in [1.165, 1.54) is 34.1 Å². The molecule has 1 N–H and O–H groups in total. The summed E-state index contributed by atoms with van der Waals surface area (Å²) < 4.78 is 12.6. The minimum Gasteiger partial charge on any atom is -0.503 e. The van der Waals surface area contributed by atoms with Crippen LogP contribution in [0.2, 0.25) is 5.02 Å². The van der Waals surface area contributed by atoms with Gasteiger partial charge < -0.3 is 14.6 Å². The molecule has 238 valence electrons. The predicted molar refractivity (Wildman–Crippen MR) is 184 cm³/mol. The van der Waals surface area contributed by atoms with Gasteiger partial charge in [-0.2, -0.15) is 0 Å². The highest BCUT2D eigenvalue weighted by Crippen LogP contribution is 2.45. The van der Waals surface area contributed by atoms with Crippen LogP contribution in [0.15, 0.2) is 94.5 Å². The Morgan fingerprint density at radius 1 is 1.02 bits per heavy atom. The van der Waals surface area contributed by atoms with Gasteiger partial charge in [0.05, 0.1) is 24.8 Å². The van der Waals surface area contributed by atoms with Crippen LogP contribution in [0.3, 0.4) is 0 Å². The number of ketones is 1. The second-order valence-corrected chi connectivity index (χ2v) is 13.0. The molecule has 1 aliphatic heterocycles. The third-order valence-electron chi connectivity index (χ3n) is 7.20. The van der Waals surface area contributed by atoms with Gasteiger partial charge in [0.1, 0.15) is 0 Å². The van der Waals surface area contributed by atoms with Crippen molar-refractivity contribution < 1.29 is 24.2 Å². The molecule has 4 aromatic rings. The topological polar surface area (TPSA) is 102 Å². The van der Waals surface area contributed by atoms with Crippen molar-refractivity contribution in [2.45, 2.75) is 49.2 Å². The van der Waals surface area contributed by atoms with Crippen LogP contribution in [0.1, 0.15) is 55.8 Å². The number of halogens is 1. The first-order valence-corrected chi connectivity index (χ1v) is 17.2. The lowest BCUT2D eigenvalue weighted by atomic mass is 9.95. The molecule has 1 unspecified atom stereocenters. The maximum atomic E-state index is 13.7. The molecule has 0 aliphatic carbocycles. The fourth-order valence-corrected chi connectivity index (χ4v) is 7.08. The van der Waals surface area contributed by atoms with Crippen molar-refractivity contribution in [3.63, 3.8) is 0 Å². The molecule has 46 heavy (non-hydrogen) atoms. The van der Waals surface area contributed by atoms with Crippen LogP contribution in [0.5, 0.6) is 11.5 Å². The molecule has 1 aromatic heterocycles. The highest BCUT2D eigenvalue weighted by atomic mass is 35.5. The number of nitrogens with zero attached hydrogens (tertiary/aromatic N) is 3. The summed E-state index contributed by atoms with van der Waals surface area (Å²) in [5, 5.41) is 20.7. The molecule has 1 aliphatic rings. The number of benzene rings is 3. The second kappa shape index (κ2) is 15.9. The molecular weight excluding hydrogens is 642 g/mol. The van der Waals surface area contributed by atoms with E-state index in [2.05, 4.69) is 17.1 Å². The van der Waals surface area contributed by atoms with Gasteiger partial charge in [0.15, 0.2) is 27.4 Å². The van der Waals surface area contributed by atoms with E-state index in [0.717, 1.165) is 30.4 Å². The van der Waals surface area contributed by atoms with Crippen molar-refractivity contribution in [3.8, 4) is 11.5 Å². The van der Waals surface area contributed by atoms with Gasteiger partial charge in [0.2, 0.25) is 5.13 Å². The van der Waals surface area contributed by atoms with Crippen LogP contribution in [-0.2, 0) is 15.3 Å². The number of carbonyl (C=O) groups excluding carboxylic acids is 2. The molecule has 0 bridgehead atoms. The first-order valence-electron chi connectivity index (χ1n) is 15.0. The summed E-state index contributed by atoms with van der Waals surface area (Å²) in [5.41, 5.74) is 2.25. The largest absolute Gasteiger partial charge is 0.503 e. The Kier molecular flexibility index (Phi) is 11.5. The van der Waals surface area contributed by atoms with Gasteiger partial charge in [-0.15, -0.1) is 10.2 Å². The van der Waals surface area contributed by atoms with Crippen molar-refractivity contribution in [1.29, 1.82) is 0 Å². The number of ether oxygens (including phenoxy) is 2. The van der Waals surface area contributed by atoms with Crippen molar-refractivity contribution in [2.75, 3.05) is 18.1 Å². The molecule has 5 rings (SSSR count). The van der Waals surface area contributed by atoms with E-state index in [9.17, 15) is 14.7 Å². The van der Waals surface area contributed by atoms with E-state index in [4.69, 9.17) is 21.1 Å². The Morgan fingerprint density at radius 2 is 1.80 bits per heavy atom. The van der Waals surface area contributed by atoms with Crippen LogP contribution >= 0.6 is 34.7 Å². The third kappa shape index (κ3) is 7.81. The van der Waals surface area contributed by atoms with E-state index in [1.807, 2.05) is 61.5 Å². The number of aliphatic hydroxyl groups excluding tert-OH is 1. The van der Waals surface area contributed by atoms with E-state index in [-0.39, 0.29) is 10.7 Å². The number of rotatable bonds is 15. The summed E-state index contributed by atoms with van der Waals surface area (Å²) >= 11 is 8.96. The second-order valence-electron chi connectivity index (χ2n) is 10.4. The van der Waals surface area contributed by atoms with E-state index in [0.29, 0.717) is 45.4 Å². The van der Waals surface area contributed by atoms with Gasteiger partial charge in [-0.25, -0.2) is 0 Å². The summed E-state index contributed by atoms with van der Waals surface area (Å²) in [6, 6.07) is 21.2. The molecule has 1 amide bonds. The molecular formula is C35H34ClN3O5S2. The Morgan fingerprint density at radius 3 is 2.57 bits per heavy atom. The monoisotopic (exact) mass is 675 g/mol. The maximum absolute atomic E-state index is 13.7. The first kappa shape index (κ1) is 33.2. The lowest BCUT2D eigenvalue weighted by molar-refractivity contribution is -0.117. The average Bonchev–Trinajstić information content (AvgIpc) is 3.64. The molecule has 8 nitrogen and oxygen atoms in total. The maximum Gasteiger partial charge on any atom is 0.296 e. The van der Waals surface area contributed by atoms with Gasteiger partial charge >= 0.3 is 0 Å². The zero-order chi connectivity index (χ0) is 32.5. The highest BCUT2D eigenvalue weighted by molar-refractivity contribution is 8.00. The van der Waals surface area contributed by atoms with Crippen LogP contribution in [0, 0.1) is 0 Å². The molecule has 0 saturated carbocycles. The number of aromatic nitrogens is 2. The molecule has 1 atom stereocenters.